The van der Waals surface area contributed by atoms with Gasteiger partial charge < -0.3 is 18.9 Å². The average Bonchev–Trinajstić information content (AvgIpc) is 2.74. The molecule has 0 saturated heterocycles. The smallest absolute Gasteiger partial charge is 0.192 e. The maximum Gasteiger partial charge on any atom is 0.192 e. The summed E-state index contributed by atoms with van der Waals surface area (Å²) in [6, 6.07) is 11.4. The van der Waals surface area contributed by atoms with Gasteiger partial charge >= 0.3 is 0 Å². The Labute approximate surface area is 169 Å². The second-order valence-electron chi connectivity index (χ2n) is 8.10. The number of para-hydroxylation sites is 2. The van der Waals surface area contributed by atoms with Crippen molar-refractivity contribution >= 4 is 17.9 Å². The molecule has 0 unspecified atom stereocenters. The highest BCUT2D eigenvalue weighted by molar-refractivity contribution is 6.17. The van der Waals surface area contributed by atoms with E-state index in [2.05, 4.69) is 13.8 Å². The van der Waals surface area contributed by atoms with Gasteiger partial charge in [-0.25, -0.2) is 0 Å². The molecule has 1 fully saturated rings. The molecule has 0 aromatic heterocycles. The summed E-state index contributed by atoms with van der Waals surface area (Å²) < 4.78 is 23.7. The number of ether oxygens (including phenoxy) is 4. The van der Waals surface area contributed by atoms with Crippen LogP contribution in [0.15, 0.2) is 47.5 Å². The predicted octanol–water partition coefficient (Wildman–Crippen LogP) is 4.30. The Kier molecular flexibility index (Phi) is 3.78. The Bertz CT molecular complexity index is 1010. The molecule has 2 heterocycles. The first-order valence-corrected chi connectivity index (χ1v) is 9.61. The number of Topliss-reactive ketones (excluding diaryl/α,β-unsaturated/α-hetero) is 1. The van der Waals surface area contributed by atoms with Crippen molar-refractivity contribution in [2.75, 3.05) is 14.2 Å². The van der Waals surface area contributed by atoms with E-state index in [0.717, 1.165) is 11.1 Å². The van der Waals surface area contributed by atoms with Gasteiger partial charge in [-0.1, -0.05) is 38.1 Å². The molecule has 29 heavy (non-hydrogen) atoms. The Morgan fingerprint density at radius 3 is 1.66 bits per heavy atom. The first-order valence-electron chi connectivity index (χ1n) is 9.61. The van der Waals surface area contributed by atoms with E-state index in [4.69, 9.17) is 18.9 Å². The molecule has 2 aromatic rings. The van der Waals surface area contributed by atoms with Crippen LogP contribution in [0.4, 0.5) is 0 Å². The Hall–Kier alpha value is -3.21. The van der Waals surface area contributed by atoms with Crippen LogP contribution >= 0.6 is 0 Å². The van der Waals surface area contributed by atoms with E-state index in [0.29, 0.717) is 34.1 Å². The first-order chi connectivity index (χ1) is 14.0. The maximum absolute atomic E-state index is 13.5. The number of hydrogen-bond acceptors (Lipinski definition) is 5. The topological polar surface area (TPSA) is 54.0 Å². The van der Waals surface area contributed by atoms with Gasteiger partial charge in [-0.2, -0.15) is 0 Å². The Balaban J connectivity index is 1.68. The molecule has 5 heteroatoms. The summed E-state index contributed by atoms with van der Waals surface area (Å²) in [7, 11) is 3.23. The van der Waals surface area contributed by atoms with Crippen LogP contribution in [0, 0.1) is 5.41 Å². The van der Waals surface area contributed by atoms with E-state index in [9.17, 15) is 4.79 Å². The molecule has 2 aromatic carbocycles. The van der Waals surface area contributed by atoms with Crippen LogP contribution in [0.1, 0.15) is 25.0 Å². The van der Waals surface area contributed by atoms with E-state index in [1.165, 1.54) is 0 Å². The molecule has 0 amide bonds. The Morgan fingerprint density at radius 1 is 0.793 bits per heavy atom. The minimum atomic E-state index is -0.497. The van der Waals surface area contributed by atoms with Crippen LogP contribution in [0.5, 0.6) is 23.0 Å². The largest absolute Gasteiger partial charge is 0.493 e. The van der Waals surface area contributed by atoms with Gasteiger partial charge in [0.1, 0.15) is 12.2 Å². The molecule has 3 aliphatic rings. The highest BCUT2D eigenvalue weighted by Gasteiger charge is 2.55. The molecule has 0 N–H and O–H groups in total. The molecular formula is C24H22O5. The molecule has 2 atom stereocenters. The van der Waals surface area contributed by atoms with Crippen LogP contribution in [0.3, 0.4) is 0 Å². The fourth-order valence-electron chi connectivity index (χ4n) is 4.49. The fourth-order valence-corrected chi connectivity index (χ4v) is 4.49. The molecule has 0 radical (unpaired) electrons. The van der Waals surface area contributed by atoms with E-state index in [-0.39, 0.29) is 5.78 Å². The van der Waals surface area contributed by atoms with Gasteiger partial charge in [-0.15, -0.1) is 0 Å². The van der Waals surface area contributed by atoms with Gasteiger partial charge in [0, 0.05) is 27.7 Å². The standard InChI is InChI=1S/C24H22O5/c1-24(2)22-15(11-13-7-5-9-17(26-3)20(13)28-22)19(25)16-12-14-8-6-10-18(27-4)21(14)29-23(16)24/h5-12,22-23H,1-4H3/t22-,23+. The molecule has 5 rings (SSSR count). The lowest BCUT2D eigenvalue weighted by atomic mass is 9.65. The third-order valence-corrected chi connectivity index (χ3v) is 5.99. The number of fused-ring (bicyclic) bond motifs is 4. The van der Waals surface area contributed by atoms with Crippen LogP contribution < -0.4 is 18.9 Å². The molecule has 5 nitrogen and oxygen atoms in total. The summed E-state index contributed by atoms with van der Waals surface area (Å²) >= 11 is 0. The summed E-state index contributed by atoms with van der Waals surface area (Å²) in [5.41, 5.74) is 2.49. The third kappa shape index (κ3) is 2.43. The van der Waals surface area contributed by atoms with Crippen LogP contribution in [0.2, 0.25) is 0 Å². The molecule has 0 spiro atoms. The molecule has 0 bridgehead atoms. The zero-order valence-electron chi connectivity index (χ0n) is 16.8. The molecule has 148 valence electrons. The summed E-state index contributed by atoms with van der Waals surface area (Å²) in [5, 5.41) is 0. The number of benzene rings is 2. The second kappa shape index (κ2) is 6.14. The lowest BCUT2D eigenvalue weighted by molar-refractivity contribution is -0.119. The first kappa shape index (κ1) is 17.9. The maximum atomic E-state index is 13.5. The van der Waals surface area contributed by atoms with Crippen molar-refractivity contribution in [2.45, 2.75) is 26.1 Å². The molecule has 1 aliphatic carbocycles. The van der Waals surface area contributed by atoms with Gasteiger partial charge in [-0.05, 0) is 24.3 Å². The van der Waals surface area contributed by atoms with E-state index in [1.54, 1.807) is 14.2 Å². The van der Waals surface area contributed by atoms with E-state index >= 15 is 0 Å². The van der Waals surface area contributed by atoms with Gasteiger partial charge in [-0.3, -0.25) is 4.79 Å². The summed E-state index contributed by atoms with van der Waals surface area (Å²) in [5.74, 6) is 2.58. The number of carbonyl (C=O) groups is 1. The number of carbonyl (C=O) groups excluding carboxylic acids is 1. The zero-order chi connectivity index (χ0) is 20.3. The third-order valence-electron chi connectivity index (χ3n) is 5.99. The average molecular weight is 390 g/mol. The van der Waals surface area contributed by atoms with Crippen LogP contribution in [-0.2, 0) is 4.79 Å². The SMILES string of the molecule is COc1cccc2c1O[C@@H]1C(=C2)C(=O)C2=Cc3cccc(OC)c3O[C@@H]2C1(C)C. The van der Waals surface area contributed by atoms with Crippen molar-refractivity contribution in [3.63, 3.8) is 0 Å². The predicted molar refractivity (Wildman–Crippen MR) is 110 cm³/mol. The molecular weight excluding hydrogens is 368 g/mol. The summed E-state index contributed by atoms with van der Waals surface area (Å²) in [4.78, 5) is 13.5. The highest BCUT2D eigenvalue weighted by Crippen LogP contribution is 2.52. The normalized spacial score (nSPS) is 23.1. The van der Waals surface area contributed by atoms with Crippen LogP contribution in [0.25, 0.3) is 12.2 Å². The number of hydrogen-bond donors (Lipinski definition) is 0. The fraction of sp³-hybridized carbons (Fsp3) is 0.292. The van der Waals surface area contributed by atoms with E-state index in [1.807, 2.05) is 48.6 Å². The zero-order valence-corrected chi connectivity index (χ0v) is 16.8. The van der Waals surface area contributed by atoms with E-state index < -0.39 is 17.6 Å². The molecule has 1 saturated carbocycles. The van der Waals surface area contributed by atoms with Gasteiger partial charge in [0.25, 0.3) is 0 Å². The van der Waals surface area contributed by atoms with Gasteiger partial charge in [0.2, 0.25) is 0 Å². The monoisotopic (exact) mass is 390 g/mol. The Morgan fingerprint density at radius 2 is 1.24 bits per heavy atom. The van der Waals surface area contributed by atoms with Crippen molar-refractivity contribution in [3.05, 3.63) is 58.7 Å². The summed E-state index contributed by atoms with van der Waals surface area (Å²) in [6.45, 7) is 4.13. The number of methoxy groups -OCH3 is 2. The highest BCUT2D eigenvalue weighted by atomic mass is 16.5. The van der Waals surface area contributed by atoms with Crippen molar-refractivity contribution < 1.29 is 23.7 Å². The van der Waals surface area contributed by atoms with Gasteiger partial charge in [0.05, 0.1) is 14.2 Å². The summed E-state index contributed by atoms with van der Waals surface area (Å²) in [6.07, 6.45) is 2.96. The van der Waals surface area contributed by atoms with Crippen molar-refractivity contribution in [1.82, 2.24) is 0 Å². The lowest BCUT2D eigenvalue weighted by Gasteiger charge is -2.48. The number of rotatable bonds is 2. The van der Waals surface area contributed by atoms with Crippen molar-refractivity contribution in [1.29, 1.82) is 0 Å². The quantitative estimate of drug-likeness (QED) is 0.765. The molecule has 2 aliphatic heterocycles. The minimum absolute atomic E-state index is 0.0405. The second-order valence-corrected chi connectivity index (χ2v) is 8.10. The van der Waals surface area contributed by atoms with Gasteiger partial charge in [0.15, 0.2) is 28.8 Å². The van der Waals surface area contributed by atoms with Crippen molar-refractivity contribution in [2.24, 2.45) is 5.41 Å². The van der Waals surface area contributed by atoms with Crippen molar-refractivity contribution in [3.8, 4) is 23.0 Å². The lowest BCUT2D eigenvalue weighted by Crippen LogP contribution is -2.56. The number of ketones is 1. The van der Waals surface area contributed by atoms with Crippen LogP contribution in [-0.4, -0.2) is 32.2 Å². The minimum Gasteiger partial charge on any atom is -0.493 e.